The normalized spacial score (nSPS) is 11.4. The van der Waals surface area contributed by atoms with Crippen molar-refractivity contribution in [2.75, 3.05) is 13.1 Å². The van der Waals surface area contributed by atoms with Crippen molar-refractivity contribution in [1.82, 2.24) is 10.3 Å². The van der Waals surface area contributed by atoms with Crippen LogP contribution in [0.25, 0.3) is 11.3 Å². The molecular weight excluding hydrogens is 303 g/mol. The van der Waals surface area contributed by atoms with Gasteiger partial charge in [-0.15, -0.1) is 11.3 Å². The molecule has 0 atom stereocenters. The summed E-state index contributed by atoms with van der Waals surface area (Å²) in [4.78, 5) is 4.26. The standard InChI is InChI=1S/C13H16Cl2N2OS/c1-8(2)6-16-4-3-12-17-7-10(18-12)9-5-11(14)19-13(9)15/h5,7-8,16H,3-4,6H2,1-2H3. The second-order valence-electron chi connectivity index (χ2n) is 4.70. The molecule has 6 heteroatoms. The molecule has 0 saturated carbocycles. The van der Waals surface area contributed by atoms with E-state index in [9.17, 15) is 0 Å². The lowest BCUT2D eigenvalue weighted by atomic mass is 10.2. The van der Waals surface area contributed by atoms with Crippen LogP contribution in [0.4, 0.5) is 0 Å². The Hall–Kier alpha value is -0.550. The number of halogens is 2. The van der Waals surface area contributed by atoms with Crippen molar-refractivity contribution in [1.29, 1.82) is 0 Å². The lowest BCUT2D eigenvalue weighted by Crippen LogP contribution is -2.22. The van der Waals surface area contributed by atoms with Crippen LogP contribution in [0.2, 0.25) is 8.67 Å². The molecule has 0 spiro atoms. The Morgan fingerprint density at radius 1 is 1.42 bits per heavy atom. The van der Waals surface area contributed by atoms with Crippen LogP contribution in [-0.4, -0.2) is 18.1 Å². The smallest absolute Gasteiger partial charge is 0.196 e. The highest BCUT2D eigenvalue weighted by Gasteiger charge is 2.13. The van der Waals surface area contributed by atoms with Crippen molar-refractivity contribution >= 4 is 34.5 Å². The van der Waals surface area contributed by atoms with Crippen LogP contribution in [0.3, 0.4) is 0 Å². The SMILES string of the molecule is CC(C)CNCCc1ncc(-c2cc(Cl)sc2Cl)o1. The van der Waals surface area contributed by atoms with Crippen LogP contribution >= 0.6 is 34.5 Å². The lowest BCUT2D eigenvalue weighted by Gasteiger charge is -2.05. The molecule has 0 aliphatic carbocycles. The molecule has 0 fully saturated rings. The molecule has 0 unspecified atom stereocenters. The van der Waals surface area contributed by atoms with Gasteiger partial charge in [-0.05, 0) is 18.5 Å². The minimum Gasteiger partial charge on any atom is -0.441 e. The van der Waals surface area contributed by atoms with Crippen LogP contribution in [-0.2, 0) is 6.42 Å². The molecule has 0 bridgehead atoms. The largest absolute Gasteiger partial charge is 0.441 e. The summed E-state index contributed by atoms with van der Waals surface area (Å²) in [5.41, 5.74) is 0.811. The van der Waals surface area contributed by atoms with E-state index in [4.69, 9.17) is 27.6 Å². The highest BCUT2D eigenvalue weighted by atomic mass is 35.5. The van der Waals surface area contributed by atoms with Gasteiger partial charge in [0.2, 0.25) is 0 Å². The van der Waals surface area contributed by atoms with Gasteiger partial charge in [-0.3, -0.25) is 0 Å². The predicted octanol–water partition coefficient (Wildman–Crippen LogP) is 4.50. The maximum Gasteiger partial charge on any atom is 0.196 e. The molecule has 3 nitrogen and oxygen atoms in total. The number of rotatable bonds is 6. The molecule has 2 rings (SSSR count). The summed E-state index contributed by atoms with van der Waals surface area (Å²) in [6.07, 6.45) is 2.46. The Balaban J connectivity index is 1.94. The molecular formula is C13H16Cl2N2OS. The fourth-order valence-corrected chi connectivity index (χ4v) is 3.12. The Bertz CT molecular complexity index is 536. The first-order chi connectivity index (χ1) is 9.06. The molecule has 0 amide bonds. The van der Waals surface area contributed by atoms with Crippen LogP contribution in [0, 0.1) is 5.92 Å². The van der Waals surface area contributed by atoms with Gasteiger partial charge in [0.15, 0.2) is 11.7 Å². The van der Waals surface area contributed by atoms with Crippen LogP contribution in [0.5, 0.6) is 0 Å². The van der Waals surface area contributed by atoms with Crippen molar-refractivity contribution in [3.63, 3.8) is 0 Å². The summed E-state index contributed by atoms with van der Waals surface area (Å²) < 4.78 is 6.96. The second-order valence-corrected chi connectivity index (χ2v) is 6.99. The lowest BCUT2D eigenvalue weighted by molar-refractivity contribution is 0.483. The number of nitrogens with one attached hydrogen (secondary N) is 1. The average Bonchev–Trinajstić information content (AvgIpc) is 2.91. The van der Waals surface area contributed by atoms with E-state index in [0.717, 1.165) is 25.1 Å². The monoisotopic (exact) mass is 318 g/mol. The van der Waals surface area contributed by atoms with E-state index >= 15 is 0 Å². The maximum absolute atomic E-state index is 6.08. The first kappa shape index (κ1) is 14.9. The Kier molecular flexibility index (Phi) is 5.28. The quantitative estimate of drug-likeness (QED) is 0.797. The van der Waals surface area contributed by atoms with Crippen molar-refractivity contribution in [2.24, 2.45) is 5.92 Å². The Morgan fingerprint density at radius 2 is 2.21 bits per heavy atom. The summed E-state index contributed by atoms with van der Waals surface area (Å²) in [5, 5.41) is 3.35. The maximum atomic E-state index is 6.08. The zero-order valence-corrected chi connectivity index (χ0v) is 13.2. The zero-order valence-electron chi connectivity index (χ0n) is 10.9. The van der Waals surface area contributed by atoms with Gasteiger partial charge in [-0.25, -0.2) is 4.98 Å². The van der Waals surface area contributed by atoms with Crippen LogP contribution in [0.1, 0.15) is 19.7 Å². The van der Waals surface area contributed by atoms with E-state index in [0.29, 0.717) is 26.2 Å². The number of thiophene rings is 1. The van der Waals surface area contributed by atoms with E-state index in [1.54, 1.807) is 12.3 Å². The molecule has 0 aromatic carbocycles. The number of nitrogens with zero attached hydrogens (tertiary/aromatic N) is 1. The molecule has 104 valence electrons. The van der Waals surface area contributed by atoms with Gasteiger partial charge >= 0.3 is 0 Å². The third kappa shape index (κ3) is 4.21. The number of hydrogen-bond acceptors (Lipinski definition) is 4. The molecule has 0 aliphatic heterocycles. The van der Waals surface area contributed by atoms with E-state index in [-0.39, 0.29) is 0 Å². The topological polar surface area (TPSA) is 38.1 Å². The molecule has 1 N–H and O–H groups in total. The molecule has 0 radical (unpaired) electrons. The highest BCUT2D eigenvalue weighted by molar-refractivity contribution is 7.20. The summed E-state index contributed by atoms with van der Waals surface area (Å²) in [5.74, 6) is 2.03. The third-order valence-corrected chi connectivity index (χ3v) is 4.03. The summed E-state index contributed by atoms with van der Waals surface area (Å²) in [7, 11) is 0. The van der Waals surface area contributed by atoms with Gasteiger partial charge < -0.3 is 9.73 Å². The fourth-order valence-electron chi connectivity index (χ4n) is 1.64. The number of aromatic nitrogens is 1. The van der Waals surface area contributed by atoms with Crippen LogP contribution in [0.15, 0.2) is 16.7 Å². The number of oxazole rings is 1. The molecule has 0 aliphatic rings. The molecule has 2 aromatic heterocycles. The van der Waals surface area contributed by atoms with Gasteiger partial charge in [-0.2, -0.15) is 0 Å². The average molecular weight is 319 g/mol. The van der Waals surface area contributed by atoms with E-state index in [1.807, 2.05) is 0 Å². The van der Waals surface area contributed by atoms with E-state index in [2.05, 4.69) is 24.1 Å². The van der Waals surface area contributed by atoms with Crippen molar-refractivity contribution in [3.05, 3.63) is 26.8 Å². The second kappa shape index (κ2) is 6.75. The first-order valence-corrected chi connectivity index (χ1v) is 7.74. The third-order valence-electron chi connectivity index (χ3n) is 2.54. The van der Waals surface area contributed by atoms with Gasteiger partial charge in [0.1, 0.15) is 4.34 Å². The minimum absolute atomic E-state index is 0.630. The minimum atomic E-state index is 0.630. The number of hydrogen-bond donors (Lipinski definition) is 1. The summed E-state index contributed by atoms with van der Waals surface area (Å²) >= 11 is 13.3. The molecule has 0 saturated heterocycles. The van der Waals surface area contributed by atoms with Gasteiger partial charge in [0.25, 0.3) is 0 Å². The van der Waals surface area contributed by atoms with E-state index in [1.165, 1.54) is 11.3 Å². The van der Waals surface area contributed by atoms with Crippen molar-refractivity contribution in [3.8, 4) is 11.3 Å². The van der Waals surface area contributed by atoms with Crippen molar-refractivity contribution in [2.45, 2.75) is 20.3 Å². The molecule has 2 heterocycles. The fraction of sp³-hybridized carbons (Fsp3) is 0.462. The Labute approximate surface area is 126 Å². The summed E-state index contributed by atoms with van der Waals surface area (Å²) in [6.45, 7) is 6.22. The zero-order chi connectivity index (χ0) is 13.8. The van der Waals surface area contributed by atoms with E-state index < -0.39 is 0 Å². The molecule has 19 heavy (non-hydrogen) atoms. The summed E-state index contributed by atoms with van der Waals surface area (Å²) in [6, 6.07) is 1.80. The highest BCUT2D eigenvalue weighted by Crippen LogP contribution is 2.38. The molecule has 2 aromatic rings. The van der Waals surface area contributed by atoms with Crippen LogP contribution < -0.4 is 5.32 Å². The first-order valence-electron chi connectivity index (χ1n) is 6.17. The Morgan fingerprint density at radius 3 is 2.84 bits per heavy atom. The van der Waals surface area contributed by atoms with Gasteiger partial charge in [-0.1, -0.05) is 37.0 Å². The predicted molar refractivity (Wildman–Crippen MR) is 81.2 cm³/mol. The van der Waals surface area contributed by atoms with Gasteiger partial charge in [0.05, 0.1) is 10.5 Å². The van der Waals surface area contributed by atoms with Gasteiger partial charge in [0, 0.05) is 18.5 Å². The van der Waals surface area contributed by atoms with Crippen molar-refractivity contribution < 1.29 is 4.42 Å².